The number of imidazole rings is 5. The third-order valence-electron chi connectivity index (χ3n) is 20.6. The number of benzene rings is 4. The number of rotatable bonds is 10. The lowest BCUT2D eigenvalue weighted by Gasteiger charge is -2.26. The number of carbonyl (C=O) groups excluding carboxylic acids is 1. The Hall–Kier alpha value is -10.1. The maximum absolute atomic E-state index is 11.6. The molecule has 3 unspecified atom stereocenters. The number of aliphatic hydroxyl groups is 2. The van der Waals surface area contributed by atoms with Crippen LogP contribution in [0.15, 0.2) is 225 Å². The van der Waals surface area contributed by atoms with Crippen LogP contribution in [0.2, 0.25) is 0 Å². The van der Waals surface area contributed by atoms with Gasteiger partial charge in [0.25, 0.3) is 0 Å². The molecule has 0 amide bonds. The highest BCUT2D eigenvalue weighted by molar-refractivity contribution is 9.11. The Morgan fingerprint density at radius 1 is 0.454 bits per heavy atom. The van der Waals surface area contributed by atoms with E-state index in [0.717, 1.165) is 170 Å². The van der Waals surface area contributed by atoms with Crippen LogP contribution >= 0.6 is 63.7 Å². The van der Waals surface area contributed by atoms with E-state index in [1.807, 2.05) is 143 Å². The summed E-state index contributed by atoms with van der Waals surface area (Å²) in [5.41, 5.74) is 20.6. The highest BCUT2D eigenvalue weighted by atomic mass is 79.9. The number of pyridine rings is 5. The van der Waals surface area contributed by atoms with Gasteiger partial charge in [-0.3, -0.25) is 18.0 Å². The minimum absolute atomic E-state index is 0.200. The summed E-state index contributed by atoms with van der Waals surface area (Å²) in [5.74, 6) is 4.66. The molecule has 15 aromatic rings. The van der Waals surface area contributed by atoms with Crippen molar-refractivity contribution in [3.8, 4) is 34.1 Å². The van der Waals surface area contributed by atoms with Gasteiger partial charge in [-0.25, -0.2) is 34.9 Å². The van der Waals surface area contributed by atoms with Crippen LogP contribution in [0.3, 0.4) is 0 Å². The third-order valence-corrected chi connectivity index (χ3v) is 22.5. The molecule has 2 N–H and O–H groups in total. The molecule has 20 rings (SSSR count). The van der Waals surface area contributed by atoms with Gasteiger partial charge < -0.3 is 38.0 Å². The number of aromatic nitrogens is 12. The number of nitrogens with zero attached hydrogens (tertiary/aromatic N) is 12. The van der Waals surface area contributed by atoms with Crippen LogP contribution in [0.5, 0.6) is 23.0 Å². The van der Waals surface area contributed by atoms with Crippen LogP contribution < -0.4 is 18.9 Å². The van der Waals surface area contributed by atoms with Crippen molar-refractivity contribution in [2.24, 2.45) is 0 Å². The molecule has 5 aliphatic carbocycles. The molecule has 0 spiro atoms. The molecule has 11 aromatic heterocycles. The van der Waals surface area contributed by atoms with E-state index in [-0.39, 0.29) is 11.7 Å². The predicted octanol–water partition coefficient (Wildman–Crippen LogP) is 17.9. The van der Waals surface area contributed by atoms with E-state index in [0.29, 0.717) is 30.3 Å². The number of ether oxygens (including phenoxy) is 4. The summed E-state index contributed by atoms with van der Waals surface area (Å²) in [6.45, 7) is 3.36. The molecule has 3 atom stereocenters. The number of hydrogen-bond acceptors (Lipinski definition) is 14. The molecule has 544 valence electrons. The van der Waals surface area contributed by atoms with Gasteiger partial charge in [0.1, 0.15) is 68.1 Å². The van der Waals surface area contributed by atoms with Gasteiger partial charge in [-0.05, 0) is 207 Å². The highest BCUT2D eigenvalue weighted by Crippen LogP contribution is 2.48. The van der Waals surface area contributed by atoms with E-state index in [1.54, 1.807) is 54.7 Å². The summed E-state index contributed by atoms with van der Waals surface area (Å²) in [6.07, 6.45) is 23.6. The maximum atomic E-state index is 11.6. The van der Waals surface area contributed by atoms with Crippen molar-refractivity contribution in [1.29, 1.82) is 0 Å². The van der Waals surface area contributed by atoms with Crippen molar-refractivity contribution in [1.82, 2.24) is 56.9 Å². The van der Waals surface area contributed by atoms with Gasteiger partial charge in [-0.1, -0.05) is 78.9 Å². The average Bonchev–Trinajstić information content (AvgIpc) is 1.73. The Labute approximate surface area is 656 Å². The zero-order valence-corrected chi connectivity index (χ0v) is 66.3. The van der Waals surface area contributed by atoms with Crippen LogP contribution in [-0.2, 0) is 43.3 Å². The number of methoxy groups -OCH3 is 4. The van der Waals surface area contributed by atoms with E-state index in [9.17, 15) is 15.0 Å². The monoisotopic (exact) mass is 1690 g/mol. The molecule has 23 heteroatoms. The van der Waals surface area contributed by atoms with E-state index < -0.39 is 11.2 Å². The fourth-order valence-corrected chi connectivity index (χ4v) is 17.1. The highest BCUT2D eigenvalue weighted by Gasteiger charge is 2.44. The van der Waals surface area contributed by atoms with Crippen molar-refractivity contribution in [2.75, 3.05) is 28.4 Å². The fraction of sp³-hybridized carbons (Fsp3) is 0.224. The van der Waals surface area contributed by atoms with Crippen molar-refractivity contribution in [2.45, 2.75) is 94.7 Å². The van der Waals surface area contributed by atoms with Crippen LogP contribution in [0.1, 0.15) is 141 Å². The Balaban J connectivity index is 0.000000105. The van der Waals surface area contributed by atoms with Gasteiger partial charge in [0, 0.05) is 125 Å². The second kappa shape index (κ2) is 29.8. The van der Waals surface area contributed by atoms with Gasteiger partial charge >= 0.3 is 0 Å². The Morgan fingerprint density at radius 2 is 0.907 bits per heavy atom. The molecule has 4 aromatic carbocycles. The fourth-order valence-electron chi connectivity index (χ4n) is 15.7. The zero-order valence-electron chi connectivity index (χ0n) is 60.0. The van der Waals surface area contributed by atoms with Gasteiger partial charge in [0.2, 0.25) is 0 Å². The van der Waals surface area contributed by atoms with Crippen molar-refractivity contribution >= 4 is 103 Å². The standard InChI is InChI=1S/C24H24N4O2.C17H15BrN2O2.C17H15BrN2O.C17H13BrN2O.C10H7BrN2O/c1-24(2,29)23-25-12-16(13-26-23)15-8-11-21-27-19-10-9-18(22(19)28(21)14-15)17-6-4-5-7-20(17)30-3;1-22-14-5-3-2-4-12(14)17(21)9-8-13-16(17)20-10-11(18)6-7-15(20)19-13;2*1-21-15-5-3-2-4-12(15)13-7-8-14-17(13)20-10-11(18)6-9-16(20)19-14;11-6-1-4-9-12-7-2-3-8(14)10(7)13(9)5-6/h4-8,11-14,18,29H,9-10H2,1-3H3;2-7,10,21H,8-9H2,1H3;2-6,9-10,13H,7-8H2,1H3;2-7,9-10H,8H2,1H3;1,4-5H,2-3H2. The SMILES string of the molecule is COc1ccccc1C1(O)CCc2nc3ccc(Br)cn3c21.COc1ccccc1C1=CCc2nc3ccc(Br)cn3c21.COc1ccccc1C1CCc2nc3ccc(-c4cnc(C(C)(C)O)nc4)cn3c21.COc1ccccc1C1CCc2nc3ccc(Br)cn3c21.O=C1CCc2nc3ccc(Br)cn3c21. The summed E-state index contributed by atoms with van der Waals surface area (Å²) in [4.78, 5) is 43.7. The summed E-state index contributed by atoms with van der Waals surface area (Å²) in [6, 6.07) is 52.2. The lowest BCUT2D eigenvalue weighted by Crippen LogP contribution is -2.26. The topological polar surface area (TPSA) is 207 Å². The first kappa shape index (κ1) is 72.1. The summed E-state index contributed by atoms with van der Waals surface area (Å²) < 4.78 is 36.5. The lowest BCUT2D eigenvalue weighted by atomic mass is 9.90. The van der Waals surface area contributed by atoms with Crippen LogP contribution in [0.25, 0.3) is 44.9 Å². The van der Waals surface area contributed by atoms with E-state index >= 15 is 0 Å². The molecule has 108 heavy (non-hydrogen) atoms. The van der Waals surface area contributed by atoms with Crippen molar-refractivity contribution < 1.29 is 34.0 Å². The molecular formula is C85H74Br4N12O7. The van der Waals surface area contributed by atoms with Crippen molar-refractivity contribution in [3.63, 3.8) is 0 Å². The first-order valence-electron chi connectivity index (χ1n) is 35.6. The van der Waals surface area contributed by atoms with Crippen LogP contribution in [-0.4, -0.2) is 101 Å². The first-order chi connectivity index (χ1) is 52.4. The summed E-state index contributed by atoms with van der Waals surface area (Å²) in [5, 5.41) is 21.6. The van der Waals surface area contributed by atoms with E-state index in [2.05, 4.69) is 158 Å². The molecule has 0 saturated heterocycles. The van der Waals surface area contributed by atoms with Gasteiger partial charge in [0.05, 0.1) is 79.7 Å². The normalized spacial score (nSPS) is 16.5. The minimum atomic E-state index is -1.08. The Kier molecular flexibility index (Phi) is 19.9. The van der Waals surface area contributed by atoms with E-state index in [1.165, 1.54) is 33.8 Å². The number of allylic oxidation sites excluding steroid dienone is 1. The Morgan fingerprint density at radius 3 is 1.48 bits per heavy atom. The molecule has 19 nitrogen and oxygen atoms in total. The molecular weight excluding hydrogens is 1620 g/mol. The lowest BCUT2D eigenvalue weighted by molar-refractivity contribution is 0.0687. The molecule has 0 bridgehead atoms. The molecule has 0 saturated carbocycles. The number of para-hydroxylation sites is 4. The number of hydrogen-bond donors (Lipinski definition) is 2. The Bertz CT molecular complexity index is 6010. The van der Waals surface area contributed by atoms with Crippen LogP contribution in [0, 0.1) is 0 Å². The molecule has 0 aliphatic heterocycles. The zero-order chi connectivity index (χ0) is 74.7. The van der Waals surface area contributed by atoms with Crippen molar-refractivity contribution in [3.05, 3.63) is 310 Å². The number of fused-ring (bicyclic) bond motifs is 15. The quantitative estimate of drug-likeness (QED) is 0.131. The number of aryl methyl sites for hydroxylation is 4. The summed E-state index contributed by atoms with van der Waals surface area (Å²) >= 11 is 14.0. The number of carbonyl (C=O) groups is 1. The second-order valence-corrected chi connectivity index (χ2v) is 31.2. The minimum Gasteiger partial charge on any atom is -0.496 e. The average molecular weight is 1700 g/mol. The number of ketones is 1. The number of halogens is 4. The summed E-state index contributed by atoms with van der Waals surface area (Å²) in [7, 11) is 6.79. The molecule has 0 fully saturated rings. The predicted molar refractivity (Wildman–Crippen MR) is 430 cm³/mol. The van der Waals surface area contributed by atoms with Gasteiger partial charge in [-0.2, -0.15) is 0 Å². The molecule has 11 heterocycles. The largest absolute Gasteiger partial charge is 0.496 e. The molecule has 5 aliphatic rings. The van der Waals surface area contributed by atoms with E-state index in [4.69, 9.17) is 33.9 Å². The third kappa shape index (κ3) is 13.5. The van der Waals surface area contributed by atoms with Gasteiger partial charge in [0.15, 0.2) is 11.6 Å². The maximum Gasteiger partial charge on any atom is 0.181 e. The van der Waals surface area contributed by atoms with Crippen LogP contribution in [0.4, 0.5) is 0 Å². The smallest absolute Gasteiger partial charge is 0.181 e. The first-order valence-corrected chi connectivity index (χ1v) is 38.8. The molecule has 0 radical (unpaired) electrons. The second-order valence-electron chi connectivity index (χ2n) is 27.6. The number of Topliss-reactive ketones (excluding diaryl/α,β-unsaturated/α-hetero) is 1. The van der Waals surface area contributed by atoms with Gasteiger partial charge in [-0.15, -0.1) is 0 Å².